The van der Waals surface area contributed by atoms with Crippen LogP contribution in [0.1, 0.15) is 19.4 Å². The summed E-state index contributed by atoms with van der Waals surface area (Å²) in [7, 11) is 0. The van der Waals surface area contributed by atoms with E-state index in [0.29, 0.717) is 0 Å². The summed E-state index contributed by atoms with van der Waals surface area (Å²) in [5, 5.41) is 8.73. The van der Waals surface area contributed by atoms with E-state index in [1.54, 1.807) is 6.07 Å². The molecule has 0 unspecified atom stereocenters. The molecule has 0 amide bonds. The molecule has 1 aromatic carbocycles. The largest absolute Gasteiger partial charge is 0.192 e. The fourth-order valence-electron chi connectivity index (χ4n) is 0.447. The van der Waals surface area contributed by atoms with Crippen molar-refractivity contribution >= 4 is 15.9 Å². The molecule has 1 rings (SSSR count). The molecule has 0 aromatic heterocycles. The molecule has 0 spiro atoms. The quantitative estimate of drug-likeness (QED) is 0.634. The summed E-state index contributed by atoms with van der Waals surface area (Å²) in [6.07, 6.45) is 0. The van der Waals surface area contributed by atoms with Crippen LogP contribution < -0.4 is 0 Å². The van der Waals surface area contributed by atoms with Gasteiger partial charge in [0.15, 0.2) is 0 Å². The lowest BCUT2D eigenvalue weighted by Crippen LogP contribution is -1.77. The average molecular weight is 202 g/mol. The summed E-state index contributed by atoms with van der Waals surface area (Å²) >= 11 is 2.88. The van der Waals surface area contributed by atoms with Crippen LogP contribution in [-0.4, -0.2) is 0 Å². The molecule has 50 valence electrons. The lowest BCUT2D eigenvalue weighted by Gasteiger charge is -1.95. The third kappa shape index (κ3) is 1.37. The molecule has 1 nitrogen and oxygen atoms in total. The van der Waals surface area contributed by atoms with Crippen molar-refractivity contribution in [2.75, 3.05) is 0 Å². The van der Waals surface area contributed by atoms with Crippen molar-refractivity contribution in [1.29, 1.82) is 5.26 Å². The Morgan fingerprint density at radius 2 is 2.60 bits per heavy atom. The minimum Gasteiger partial charge on any atom is -0.192 e. The van der Waals surface area contributed by atoms with Gasteiger partial charge in [0.05, 0.1) is 15.7 Å². The second-order valence-corrected chi connectivity index (χ2v) is 2.34. The van der Waals surface area contributed by atoms with Crippen molar-refractivity contribution in [3.05, 3.63) is 33.7 Å². The molecular weight excluding hydrogens is 190 g/mol. The number of benzene rings is 1. The summed E-state index contributed by atoms with van der Waals surface area (Å²) < 4.78 is 44.0. The summed E-state index contributed by atoms with van der Waals surface area (Å²) in [5.41, 5.74) is -0.788. The van der Waals surface area contributed by atoms with Gasteiger partial charge in [-0.25, -0.2) is 0 Å². The van der Waals surface area contributed by atoms with Crippen LogP contribution in [0.5, 0.6) is 0 Å². The van der Waals surface area contributed by atoms with Crippen molar-refractivity contribution in [3.8, 4) is 6.07 Å². The van der Waals surface area contributed by atoms with E-state index in [1.165, 1.54) is 0 Å². The maximum atomic E-state index is 8.73. The molecule has 0 atom stereocenters. The Morgan fingerprint density at radius 3 is 3.20 bits per heavy atom. The molecule has 0 aliphatic carbocycles. The van der Waals surface area contributed by atoms with E-state index in [9.17, 15) is 0 Å². The number of nitriles is 1. The van der Waals surface area contributed by atoms with Crippen LogP contribution in [0.15, 0.2) is 22.6 Å². The van der Waals surface area contributed by atoms with Crippen LogP contribution in [0, 0.1) is 18.2 Å². The Morgan fingerprint density at radius 1 is 1.80 bits per heavy atom. The van der Waals surface area contributed by atoms with Crippen LogP contribution in [0.3, 0.4) is 0 Å². The van der Waals surface area contributed by atoms with E-state index < -0.39 is 30.5 Å². The third-order valence-corrected chi connectivity index (χ3v) is 1.47. The molecule has 2 heteroatoms. The first-order valence-corrected chi connectivity index (χ1v) is 3.21. The molecule has 0 aliphatic rings. The minimum absolute atomic E-state index is 0.124. The number of halogens is 1. The maximum Gasteiger partial charge on any atom is 0.0991 e. The SMILES string of the molecule is [2H]c1c([2H])c(C#N)c([2H])c(C([2H])([2H])[2H])c1Br. The second kappa shape index (κ2) is 2.85. The Balaban J connectivity index is 3.78. The number of rotatable bonds is 0. The molecule has 0 radical (unpaired) electrons. The first-order chi connectivity index (χ1) is 7.21. The fourth-order valence-corrected chi connectivity index (χ4v) is 0.645. The van der Waals surface area contributed by atoms with Crippen molar-refractivity contribution in [2.45, 2.75) is 6.85 Å². The Kier molecular flexibility index (Phi) is 0.761. The zero-order valence-corrected chi connectivity index (χ0v) is 6.41. The Bertz CT molecular complexity index is 487. The first kappa shape index (κ1) is 2.67. The minimum atomic E-state index is -2.59. The van der Waals surface area contributed by atoms with Crippen molar-refractivity contribution < 1.29 is 8.22 Å². The highest BCUT2D eigenvalue weighted by Crippen LogP contribution is 2.16. The van der Waals surface area contributed by atoms with Crippen molar-refractivity contribution in [1.82, 2.24) is 0 Å². The van der Waals surface area contributed by atoms with Gasteiger partial charge in [0.25, 0.3) is 0 Å². The zero-order valence-electron chi connectivity index (χ0n) is 10.8. The van der Waals surface area contributed by atoms with Gasteiger partial charge in [-0.15, -0.1) is 0 Å². The molecule has 1 aromatic rings. The molecule has 0 fully saturated rings. The topological polar surface area (TPSA) is 23.8 Å². The van der Waals surface area contributed by atoms with Crippen molar-refractivity contribution in [3.63, 3.8) is 0 Å². The van der Waals surface area contributed by atoms with E-state index in [-0.39, 0.29) is 10.0 Å². The predicted molar refractivity (Wildman–Crippen MR) is 43.6 cm³/mol. The van der Waals surface area contributed by atoms with E-state index in [2.05, 4.69) is 15.9 Å². The lowest BCUT2D eigenvalue weighted by molar-refractivity contribution is 1.39. The fraction of sp³-hybridized carbons (Fsp3) is 0.125. The van der Waals surface area contributed by atoms with E-state index in [1.807, 2.05) is 0 Å². The molecule has 0 N–H and O–H groups in total. The van der Waals surface area contributed by atoms with Gasteiger partial charge < -0.3 is 0 Å². The highest BCUT2D eigenvalue weighted by molar-refractivity contribution is 9.10. The van der Waals surface area contributed by atoms with Crippen LogP contribution in [0.4, 0.5) is 0 Å². The van der Waals surface area contributed by atoms with Crippen LogP contribution in [0.2, 0.25) is 0 Å². The second-order valence-electron chi connectivity index (χ2n) is 1.55. The first-order valence-electron chi connectivity index (χ1n) is 5.41. The lowest BCUT2D eigenvalue weighted by atomic mass is 10.2. The Hall–Kier alpha value is -0.810. The summed E-state index contributed by atoms with van der Waals surface area (Å²) in [6.45, 7) is -2.59. The smallest absolute Gasteiger partial charge is 0.0991 e. The third-order valence-electron chi connectivity index (χ3n) is 0.879. The van der Waals surface area contributed by atoms with Gasteiger partial charge in [-0.2, -0.15) is 5.26 Å². The van der Waals surface area contributed by atoms with Crippen molar-refractivity contribution in [2.24, 2.45) is 0 Å². The molecule has 10 heavy (non-hydrogen) atoms. The van der Waals surface area contributed by atoms with E-state index >= 15 is 0 Å². The van der Waals surface area contributed by atoms with Crippen LogP contribution >= 0.6 is 15.9 Å². The number of hydrogen-bond acceptors (Lipinski definition) is 1. The van der Waals surface area contributed by atoms with Gasteiger partial charge in [-0.1, -0.05) is 15.9 Å². The van der Waals surface area contributed by atoms with E-state index in [4.69, 9.17) is 13.5 Å². The zero-order chi connectivity index (χ0) is 12.7. The normalized spacial score (nSPS) is 18.8. The van der Waals surface area contributed by atoms with Gasteiger partial charge in [-0.3, -0.25) is 0 Å². The van der Waals surface area contributed by atoms with Gasteiger partial charge >= 0.3 is 0 Å². The number of nitrogens with zero attached hydrogens (tertiary/aromatic N) is 1. The number of hydrogen-bond donors (Lipinski definition) is 0. The molecule has 0 heterocycles. The summed E-state index contributed by atoms with van der Waals surface area (Å²) in [6, 6.07) is 0.232. The average Bonchev–Trinajstić information content (AvgIpc) is 2.13. The standard InChI is InChI=1S/C8H6BrN/c1-6-4-7(5-10)2-3-8(6)9/h2-4H,1H3/i1D3,2D,3D,4D. The van der Waals surface area contributed by atoms with Crippen LogP contribution in [0.25, 0.3) is 0 Å². The Labute approximate surface area is 76.9 Å². The molecule has 0 saturated carbocycles. The van der Waals surface area contributed by atoms with Gasteiger partial charge in [0, 0.05) is 8.58 Å². The van der Waals surface area contributed by atoms with Gasteiger partial charge in [0.2, 0.25) is 0 Å². The molecule has 0 aliphatic heterocycles. The summed E-state index contributed by atoms with van der Waals surface area (Å²) in [4.78, 5) is 0. The van der Waals surface area contributed by atoms with Gasteiger partial charge in [-0.05, 0) is 30.5 Å². The van der Waals surface area contributed by atoms with Gasteiger partial charge in [0.1, 0.15) is 0 Å². The highest BCUT2D eigenvalue weighted by Gasteiger charge is 1.93. The molecule has 0 saturated heterocycles. The summed E-state index contributed by atoms with van der Waals surface area (Å²) in [5.74, 6) is 0. The monoisotopic (exact) mass is 201 g/mol. The highest BCUT2D eigenvalue weighted by atomic mass is 79.9. The molecular formula is C8H6BrN. The van der Waals surface area contributed by atoms with E-state index in [0.717, 1.165) is 0 Å². The predicted octanol–water partition coefficient (Wildman–Crippen LogP) is 2.63. The van der Waals surface area contributed by atoms with Crippen LogP contribution in [-0.2, 0) is 0 Å². The maximum absolute atomic E-state index is 8.73. The molecule has 0 bridgehead atoms.